The normalized spacial score (nSPS) is 15.7. The number of methoxy groups -OCH3 is 1. The van der Waals surface area contributed by atoms with Crippen LogP contribution >= 0.6 is 0 Å². The fraction of sp³-hybridized carbons (Fsp3) is 0.333. The van der Waals surface area contributed by atoms with Gasteiger partial charge in [0.15, 0.2) is 23.5 Å². The van der Waals surface area contributed by atoms with Crippen molar-refractivity contribution in [2.45, 2.75) is 31.5 Å². The van der Waals surface area contributed by atoms with Crippen LogP contribution in [0.15, 0.2) is 61.6 Å². The van der Waals surface area contributed by atoms with E-state index in [9.17, 15) is 33.9 Å². The Labute approximate surface area is 340 Å². The van der Waals surface area contributed by atoms with Crippen molar-refractivity contribution in [3.8, 4) is 11.5 Å². The maximum absolute atomic E-state index is 13.6. The number of nitrogens with zero attached hydrogens (tertiary/aromatic N) is 5. The van der Waals surface area contributed by atoms with E-state index in [1.807, 2.05) is 0 Å². The number of rotatable bonds is 14. The van der Waals surface area contributed by atoms with Crippen molar-refractivity contribution < 1.29 is 48.1 Å². The van der Waals surface area contributed by atoms with Crippen LogP contribution in [0.4, 0.5) is 32.3 Å². The molecule has 59 heavy (non-hydrogen) atoms. The maximum atomic E-state index is 13.6. The molecule has 0 radical (unpaired) electrons. The quantitative estimate of drug-likeness (QED) is 0.0712. The van der Waals surface area contributed by atoms with Crippen LogP contribution in [0.5, 0.6) is 11.5 Å². The smallest absolute Gasteiger partial charge is 0.416 e. The predicted molar refractivity (Wildman–Crippen MR) is 219 cm³/mol. The highest BCUT2D eigenvalue weighted by Gasteiger charge is 2.45. The molecule has 6 rings (SSSR count). The van der Waals surface area contributed by atoms with Crippen molar-refractivity contribution >= 4 is 66.1 Å². The zero-order valence-corrected chi connectivity index (χ0v) is 33.4. The van der Waals surface area contributed by atoms with Crippen molar-refractivity contribution in [1.82, 2.24) is 23.9 Å². The van der Waals surface area contributed by atoms with Crippen molar-refractivity contribution in [3.63, 3.8) is 0 Å². The Morgan fingerprint density at radius 3 is 2.00 bits per heavy atom. The fourth-order valence-electron chi connectivity index (χ4n) is 7.14. The number of amides is 6. The lowest BCUT2D eigenvalue weighted by Gasteiger charge is -2.31. The van der Waals surface area contributed by atoms with Gasteiger partial charge in [-0.25, -0.2) is 9.69 Å². The van der Waals surface area contributed by atoms with Gasteiger partial charge in [0.05, 0.1) is 48.1 Å². The van der Waals surface area contributed by atoms with E-state index in [1.54, 1.807) is 64.4 Å². The molecule has 0 bridgehead atoms. The van der Waals surface area contributed by atoms with E-state index in [1.165, 1.54) is 45.3 Å². The number of carbonyl (C=O) groups is 6. The first-order valence-corrected chi connectivity index (χ1v) is 18.8. The van der Waals surface area contributed by atoms with E-state index >= 15 is 0 Å². The number of anilines is 4. The first kappa shape index (κ1) is 41.7. The second-order valence-electron chi connectivity index (χ2n) is 14.1. The van der Waals surface area contributed by atoms with E-state index in [2.05, 4.69) is 27.8 Å². The number of hydrogen-bond donors (Lipinski definition) is 5. The topological polar surface area (TPSA) is 220 Å². The lowest BCUT2D eigenvalue weighted by molar-refractivity contribution is 0.0496. The minimum Gasteiger partial charge on any atom is -0.493 e. The number of hydrogen-bond acceptors (Lipinski definition) is 10. The first-order chi connectivity index (χ1) is 28.2. The van der Waals surface area contributed by atoms with Crippen LogP contribution in [0.1, 0.15) is 61.1 Å². The van der Waals surface area contributed by atoms with Gasteiger partial charge in [0.25, 0.3) is 23.6 Å². The number of aliphatic hydroxyl groups excluding tert-OH is 1. The van der Waals surface area contributed by atoms with Crippen molar-refractivity contribution in [2.75, 3.05) is 54.3 Å². The molecule has 0 unspecified atom stereocenters. The highest BCUT2D eigenvalue weighted by Crippen LogP contribution is 2.41. The van der Waals surface area contributed by atoms with Crippen LogP contribution in [0.2, 0.25) is 0 Å². The summed E-state index contributed by atoms with van der Waals surface area (Å²) in [5.41, 5.74) is 2.31. The Morgan fingerprint density at radius 1 is 0.864 bits per heavy atom. The molecule has 0 spiro atoms. The summed E-state index contributed by atoms with van der Waals surface area (Å²) in [6, 6.07) is 6.92. The number of aliphatic hydroxyl groups is 1. The molecular formula is C39H46BN9O10. The highest BCUT2D eigenvalue weighted by molar-refractivity contribution is 6.60. The van der Waals surface area contributed by atoms with Crippen LogP contribution in [-0.2, 0) is 25.9 Å². The lowest BCUT2D eigenvalue weighted by Crippen LogP contribution is -2.50. The van der Waals surface area contributed by atoms with E-state index in [0.717, 1.165) is 4.90 Å². The fourth-order valence-corrected chi connectivity index (χ4v) is 7.14. The van der Waals surface area contributed by atoms with Crippen LogP contribution < -0.4 is 35.6 Å². The summed E-state index contributed by atoms with van der Waals surface area (Å²) >= 11 is 0. The Hall–Kier alpha value is -6.96. The Balaban J connectivity index is 1.04. The van der Waals surface area contributed by atoms with Crippen molar-refractivity contribution in [2.24, 2.45) is 21.1 Å². The summed E-state index contributed by atoms with van der Waals surface area (Å²) in [4.78, 5) is 80.2. The molecule has 310 valence electrons. The molecule has 6 amide bonds. The molecule has 1 fully saturated rings. The summed E-state index contributed by atoms with van der Waals surface area (Å²) in [6.07, 6.45) is 5.53. The van der Waals surface area contributed by atoms with Gasteiger partial charge in [-0.2, -0.15) is 0 Å². The molecule has 5 heterocycles. The average Bonchev–Trinajstić information content (AvgIpc) is 3.98. The minimum absolute atomic E-state index is 0.0957. The largest absolute Gasteiger partial charge is 0.493 e. The summed E-state index contributed by atoms with van der Waals surface area (Å²) in [7, 11) is 7.79. The molecular weight excluding hydrogens is 765 g/mol. The molecule has 2 atom stereocenters. The van der Waals surface area contributed by atoms with Crippen LogP contribution in [0.3, 0.4) is 0 Å². The van der Waals surface area contributed by atoms with Gasteiger partial charge in [-0.1, -0.05) is 12.7 Å². The third-order valence-corrected chi connectivity index (χ3v) is 9.88. The Kier molecular flexibility index (Phi) is 12.5. The SMILES string of the molecule is BC(=O)Nc1cc(C(=O)Nc2cc(C(=O)Nc3cc(C(=O)NCCCOc4cc5c(cc4OC)C(=O)N4CCC[C@H]4[C@H](O)N5C(=O)OCC=C)n(C)c3)n(C)c2)n(C)c1. The first-order valence-electron chi connectivity index (χ1n) is 18.8. The molecule has 19 nitrogen and oxygen atoms in total. The van der Waals surface area contributed by atoms with E-state index in [0.29, 0.717) is 48.6 Å². The van der Waals surface area contributed by atoms with Crippen LogP contribution in [0.25, 0.3) is 0 Å². The Bertz CT molecular complexity index is 2310. The van der Waals surface area contributed by atoms with E-state index < -0.39 is 36.1 Å². The average molecular weight is 812 g/mol. The van der Waals surface area contributed by atoms with Gasteiger partial charge >= 0.3 is 6.09 Å². The third kappa shape index (κ3) is 8.96. The number of fused-ring (bicyclic) bond motifs is 2. The summed E-state index contributed by atoms with van der Waals surface area (Å²) < 4.78 is 21.5. The van der Waals surface area contributed by atoms with Gasteiger partial charge in [-0.3, -0.25) is 24.0 Å². The molecule has 5 N–H and O–H groups in total. The van der Waals surface area contributed by atoms with Crippen LogP contribution in [0, 0.1) is 0 Å². The lowest BCUT2D eigenvalue weighted by atomic mass is 10.1. The highest BCUT2D eigenvalue weighted by atomic mass is 16.6. The number of benzene rings is 1. The third-order valence-electron chi connectivity index (χ3n) is 9.88. The van der Waals surface area contributed by atoms with Gasteiger partial charge in [-0.05, 0) is 43.5 Å². The second kappa shape index (κ2) is 17.7. The second-order valence-corrected chi connectivity index (χ2v) is 14.1. The maximum Gasteiger partial charge on any atom is 0.416 e. The van der Waals surface area contributed by atoms with E-state index in [-0.39, 0.29) is 65.6 Å². The number of ether oxygens (including phenoxy) is 3. The summed E-state index contributed by atoms with van der Waals surface area (Å²) in [6.45, 7) is 4.22. The molecule has 1 aromatic carbocycles. The molecule has 4 aromatic rings. The minimum atomic E-state index is -1.36. The zero-order valence-electron chi connectivity index (χ0n) is 33.4. The van der Waals surface area contributed by atoms with Gasteiger partial charge in [-0.15, -0.1) is 0 Å². The van der Waals surface area contributed by atoms with Gasteiger partial charge in [0.2, 0.25) is 7.85 Å². The number of aryl methyl sites for hydroxylation is 3. The van der Waals surface area contributed by atoms with Crippen molar-refractivity contribution in [1.29, 1.82) is 0 Å². The predicted octanol–water partition coefficient (Wildman–Crippen LogP) is 2.64. The standard InChI is InChI=1S/C39H46BN9O10/c1-6-12-59-39(56)49-27-18-32(31(57-5)17-25(27)36(53)48-11-7-9-26(48)37(49)54)58-13-8-10-41-33(50)28-14-22(19-45(28)2)42-34(51)29-15-23(20-46(29)3)43-35(52)30-16-24(21-47(30)4)44-38(40)55/h6,14-21,26,37,54H,1,7-13,40H2,2-5H3,(H,41,50)(H,42,51)(H,43,52)(H,44,55)/t26-,37-/m0/s1. The van der Waals surface area contributed by atoms with E-state index in [4.69, 9.17) is 14.2 Å². The Morgan fingerprint density at radius 2 is 1.44 bits per heavy atom. The van der Waals surface area contributed by atoms with Gasteiger partial charge < -0.3 is 59.2 Å². The number of carbonyl (C=O) groups excluding carboxylic acids is 6. The monoisotopic (exact) mass is 811 g/mol. The van der Waals surface area contributed by atoms with Crippen molar-refractivity contribution in [3.05, 3.63) is 84.2 Å². The number of nitrogens with one attached hydrogen (secondary N) is 4. The van der Waals surface area contributed by atoms with Gasteiger partial charge in [0.1, 0.15) is 23.7 Å². The summed E-state index contributed by atoms with van der Waals surface area (Å²) in [5.74, 6) is -1.47. The molecule has 2 aliphatic heterocycles. The van der Waals surface area contributed by atoms with Gasteiger partial charge in [0, 0.05) is 58.9 Å². The number of aromatic nitrogens is 3. The molecule has 0 saturated carbocycles. The zero-order chi connectivity index (χ0) is 42.5. The molecule has 3 aromatic heterocycles. The molecule has 0 aliphatic carbocycles. The molecule has 1 saturated heterocycles. The molecule has 2 aliphatic rings. The summed E-state index contributed by atoms with van der Waals surface area (Å²) in [5, 5.41) is 22.3. The van der Waals surface area contributed by atoms with Crippen LogP contribution in [-0.4, -0.2) is 113 Å². The molecule has 20 heteroatoms.